The highest BCUT2D eigenvalue weighted by atomic mass is 35.5. The molecule has 0 atom stereocenters. The predicted octanol–water partition coefficient (Wildman–Crippen LogP) is 2.07. The first-order valence-electron chi connectivity index (χ1n) is 4.81. The average Bonchev–Trinajstić information content (AvgIpc) is 2.77. The van der Waals surface area contributed by atoms with Gasteiger partial charge in [-0.25, -0.2) is 0 Å². The van der Waals surface area contributed by atoms with E-state index in [1.54, 1.807) is 6.07 Å². The molecule has 0 bridgehead atoms. The Morgan fingerprint density at radius 1 is 1.47 bits per heavy atom. The number of nitrogens with zero attached hydrogens (tertiary/aromatic N) is 1. The zero-order valence-electron chi connectivity index (χ0n) is 8.68. The van der Waals surface area contributed by atoms with E-state index < -0.39 is 5.91 Å². The van der Waals surface area contributed by atoms with Crippen molar-refractivity contribution in [2.75, 3.05) is 5.32 Å². The molecule has 2 aromatic rings. The molecule has 0 unspecified atom stereocenters. The van der Waals surface area contributed by atoms with Crippen molar-refractivity contribution in [3.63, 3.8) is 0 Å². The number of anilines is 1. The summed E-state index contributed by atoms with van der Waals surface area (Å²) in [5, 5.41) is 11.8. The number of aliphatic hydroxyl groups is 1. The highest BCUT2D eigenvalue weighted by molar-refractivity contribution is 6.29. The van der Waals surface area contributed by atoms with Gasteiger partial charge in [-0.05, 0) is 29.8 Å². The van der Waals surface area contributed by atoms with Gasteiger partial charge < -0.3 is 14.8 Å². The van der Waals surface area contributed by atoms with Gasteiger partial charge in [-0.3, -0.25) is 9.78 Å². The lowest BCUT2D eigenvalue weighted by atomic mass is 10.2. The highest BCUT2D eigenvalue weighted by Gasteiger charge is 2.12. The lowest BCUT2D eigenvalue weighted by Crippen LogP contribution is -2.12. The van der Waals surface area contributed by atoms with Crippen molar-refractivity contribution in [2.24, 2.45) is 0 Å². The van der Waals surface area contributed by atoms with E-state index in [0.29, 0.717) is 11.3 Å². The third-order valence-electron chi connectivity index (χ3n) is 2.13. The molecule has 0 saturated carbocycles. The number of aromatic nitrogens is 1. The second-order valence-electron chi connectivity index (χ2n) is 3.25. The molecule has 88 valence electrons. The van der Waals surface area contributed by atoms with Gasteiger partial charge in [0.1, 0.15) is 0 Å². The summed E-state index contributed by atoms with van der Waals surface area (Å²) in [5.41, 5.74) is 1.01. The number of aliphatic hydroxyl groups excluding tert-OH is 1. The summed E-state index contributed by atoms with van der Waals surface area (Å²) in [6.45, 7) is -0.183. The molecule has 0 spiro atoms. The first kappa shape index (κ1) is 11.6. The molecule has 0 aliphatic carbocycles. The molecule has 5 nitrogen and oxygen atoms in total. The van der Waals surface area contributed by atoms with Crippen LogP contribution in [0.2, 0.25) is 5.22 Å². The van der Waals surface area contributed by atoms with Crippen molar-refractivity contribution in [1.29, 1.82) is 0 Å². The number of hydrogen-bond acceptors (Lipinski definition) is 4. The molecular weight excluding hydrogens is 244 g/mol. The van der Waals surface area contributed by atoms with Crippen molar-refractivity contribution in [3.05, 3.63) is 47.1 Å². The first-order valence-corrected chi connectivity index (χ1v) is 5.19. The van der Waals surface area contributed by atoms with E-state index in [4.69, 9.17) is 21.1 Å². The van der Waals surface area contributed by atoms with E-state index >= 15 is 0 Å². The minimum absolute atomic E-state index is 0.0998. The molecule has 2 rings (SSSR count). The van der Waals surface area contributed by atoms with Crippen LogP contribution in [0.5, 0.6) is 0 Å². The Bertz CT molecular complexity index is 539. The Morgan fingerprint density at radius 3 is 2.94 bits per heavy atom. The number of rotatable bonds is 3. The van der Waals surface area contributed by atoms with Gasteiger partial charge in [0.2, 0.25) is 0 Å². The number of pyridine rings is 1. The van der Waals surface area contributed by atoms with Gasteiger partial charge in [0.15, 0.2) is 11.0 Å². The lowest BCUT2D eigenvalue weighted by molar-refractivity contribution is 0.0996. The van der Waals surface area contributed by atoms with Gasteiger partial charge >= 0.3 is 0 Å². The second kappa shape index (κ2) is 4.99. The summed E-state index contributed by atoms with van der Waals surface area (Å²) in [5.74, 6) is -0.345. The van der Waals surface area contributed by atoms with Crippen LogP contribution in [0.3, 0.4) is 0 Å². The second-order valence-corrected chi connectivity index (χ2v) is 3.62. The maximum Gasteiger partial charge on any atom is 0.291 e. The van der Waals surface area contributed by atoms with Crippen molar-refractivity contribution >= 4 is 23.2 Å². The predicted molar refractivity (Wildman–Crippen MR) is 61.8 cm³/mol. The van der Waals surface area contributed by atoms with Crippen LogP contribution in [-0.4, -0.2) is 16.0 Å². The van der Waals surface area contributed by atoms with E-state index in [-0.39, 0.29) is 17.6 Å². The zero-order chi connectivity index (χ0) is 12.3. The summed E-state index contributed by atoms with van der Waals surface area (Å²) in [7, 11) is 0. The van der Waals surface area contributed by atoms with E-state index in [1.165, 1.54) is 24.5 Å². The molecule has 0 aliphatic rings. The summed E-state index contributed by atoms with van der Waals surface area (Å²) in [6, 6.07) is 4.56. The third kappa shape index (κ3) is 2.64. The molecule has 0 aliphatic heterocycles. The van der Waals surface area contributed by atoms with E-state index in [9.17, 15) is 4.79 Å². The van der Waals surface area contributed by atoms with Crippen LogP contribution in [-0.2, 0) is 6.61 Å². The number of furan rings is 1. The third-order valence-corrected chi connectivity index (χ3v) is 2.33. The molecule has 0 radical (unpaired) electrons. The Hall–Kier alpha value is -1.85. The van der Waals surface area contributed by atoms with Crippen molar-refractivity contribution in [1.82, 2.24) is 4.98 Å². The zero-order valence-corrected chi connectivity index (χ0v) is 9.44. The standard InChI is InChI=1S/C11H9ClN2O3/c12-10-2-1-9(17-10)11(16)14-8-5-13-4-3-7(8)6-15/h1-5,15H,6H2,(H,14,16). The molecule has 2 heterocycles. The fraction of sp³-hybridized carbons (Fsp3) is 0.0909. The largest absolute Gasteiger partial charge is 0.440 e. The number of halogens is 1. The summed E-state index contributed by atoms with van der Waals surface area (Å²) in [4.78, 5) is 15.6. The highest BCUT2D eigenvalue weighted by Crippen LogP contribution is 2.17. The maximum atomic E-state index is 11.7. The monoisotopic (exact) mass is 252 g/mol. The number of amides is 1. The molecule has 0 saturated heterocycles. The van der Waals surface area contributed by atoms with Gasteiger partial charge in [-0.15, -0.1) is 0 Å². The molecule has 1 amide bonds. The summed E-state index contributed by atoms with van der Waals surface area (Å²) >= 11 is 5.57. The number of carbonyl (C=O) groups excluding carboxylic acids is 1. The Labute approximate surface area is 102 Å². The molecule has 2 aromatic heterocycles. The Morgan fingerprint density at radius 2 is 2.29 bits per heavy atom. The van der Waals surface area contributed by atoms with Gasteiger partial charge in [-0.1, -0.05) is 0 Å². The molecule has 2 N–H and O–H groups in total. The van der Waals surface area contributed by atoms with Crippen LogP contribution in [0.1, 0.15) is 16.1 Å². The first-order chi connectivity index (χ1) is 8.20. The quantitative estimate of drug-likeness (QED) is 0.877. The van der Waals surface area contributed by atoms with Crippen LogP contribution >= 0.6 is 11.6 Å². The topological polar surface area (TPSA) is 75.4 Å². The Balaban J connectivity index is 2.18. The normalized spacial score (nSPS) is 10.2. The number of hydrogen-bond donors (Lipinski definition) is 2. The van der Waals surface area contributed by atoms with Crippen molar-refractivity contribution in [2.45, 2.75) is 6.61 Å². The molecular formula is C11H9ClN2O3. The molecule has 0 aromatic carbocycles. The van der Waals surface area contributed by atoms with Crippen molar-refractivity contribution < 1.29 is 14.3 Å². The minimum atomic E-state index is -0.445. The van der Waals surface area contributed by atoms with Crippen LogP contribution in [0.4, 0.5) is 5.69 Å². The lowest BCUT2D eigenvalue weighted by Gasteiger charge is -2.06. The van der Waals surface area contributed by atoms with Gasteiger partial charge in [0.25, 0.3) is 5.91 Å². The molecule has 0 fully saturated rings. The van der Waals surface area contributed by atoms with E-state index in [2.05, 4.69) is 10.3 Å². The van der Waals surface area contributed by atoms with Crippen LogP contribution in [0.15, 0.2) is 35.0 Å². The smallest absolute Gasteiger partial charge is 0.291 e. The average molecular weight is 253 g/mol. The number of nitrogens with one attached hydrogen (secondary N) is 1. The molecule has 6 heteroatoms. The maximum absolute atomic E-state index is 11.7. The molecule has 17 heavy (non-hydrogen) atoms. The van der Waals surface area contributed by atoms with Crippen LogP contribution < -0.4 is 5.32 Å². The SMILES string of the molecule is O=C(Nc1cnccc1CO)c1ccc(Cl)o1. The van der Waals surface area contributed by atoms with Crippen LogP contribution in [0, 0.1) is 0 Å². The fourth-order valence-electron chi connectivity index (χ4n) is 1.29. The van der Waals surface area contributed by atoms with Gasteiger partial charge in [0.05, 0.1) is 18.5 Å². The van der Waals surface area contributed by atoms with E-state index in [1.807, 2.05) is 0 Å². The Kier molecular flexibility index (Phi) is 3.41. The fourth-order valence-corrected chi connectivity index (χ4v) is 1.44. The summed E-state index contributed by atoms with van der Waals surface area (Å²) in [6.07, 6.45) is 2.99. The van der Waals surface area contributed by atoms with Crippen LogP contribution in [0.25, 0.3) is 0 Å². The van der Waals surface area contributed by atoms with Gasteiger partial charge in [-0.2, -0.15) is 0 Å². The van der Waals surface area contributed by atoms with E-state index in [0.717, 1.165) is 0 Å². The number of carbonyl (C=O) groups is 1. The summed E-state index contributed by atoms with van der Waals surface area (Å²) < 4.78 is 4.96. The minimum Gasteiger partial charge on any atom is -0.440 e. The van der Waals surface area contributed by atoms with Gasteiger partial charge in [0, 0.05) is 11.8 Å². The van der Waals surface area contributed by atoms with Crippen molar-refractivity contribution in [3.8, 4) is 0 Å².